The predicted molar refractivity (Wildman–Crippen MR) is 82.0 cm³/mol. The number of rotatable bonds is 3. The summed E-state index contributed by atoms with van der Waals surface area (Å²) in [5.74, 6) is 8.68. The normalized spacial score (nSPS) is 21.9. The molecule has 8 heteroatoms. The second-order valence-corrected chi connectivity index (χ2v) is 8.09. The van der Waals surface area contributed by atoms with Crippen LogP contribution in [0.1, 0.15) is 36.6 Å². The molecule has 0 aromatic carbocycles. The summed E-state index contributed by atoms with van der Waals surface area (Å²) in [6, 6.07) is 0. The summed E-state index contributed by atoms with van der Waals surface area (Å²) in [5.41, 5.74) is 3.51. The summed E-state index contributed by atoms with van der Waals surface area (Å²) < 4.78 is 23.5. The maximum absolute atomic E-state index is 11.7. The fraction of sp³-hybridized carbons (Fsp3) is 0.692. The minimum absolute atomic E-state index is 0.181. The minimum Gasteiger partial charge on any atom is -0.355 e. The van der Waals surface area contributed by atoms with Gasteiger partial charge in [0.1, 0.15) is 17.5 Å². The van der Waals surface area contributed by atoms with E-state index in [0.717, 1.165) is 30.0 Å². The summed E-state index contributed by atoms with van der Waals surface area (Å²) in [7, 11) is -2.93. The first-order valence-corrected chi connectivity index (χ1v) is 9.13. The van der Waals surface area contributed by atoms with Crippen molar-refractivity contribution in [3.05, 3.63) is 11.4 Å². The molecule has 0 spiro atoms. The molecule has 2 fully saturated rings. The van der Waals surface area contributed by atoms with Gasteiger partial charge in [0, 0.05) is 24.6 Å². The Balaban J connectivity index is 1.94. The van der Waals surface area contributed by atoms with E-state index < -0.39 is 9.84 Å². The van der Waals surface area contributed by atoms with Crippen molar-refractivity contribution in [2.75, 3.05) is 34.9 Å². The Morgan fingerprint density at radius 3 is 2.67 bits per heavy atom. The fourth-order valence-electron chi connectivity index (χ4n) is 2.64. The molecule has 3 N–H and O–H groups in total. The number of aromatic nitrogens is 2. The molecule has 116 valence electrons. The van der Waals surface area contributed by atoms with Crippen LogP contribution in [0.4, 0.5) is 11.6 Å². The van der Waals surface area contributed by atoms with Crippen LogP contribution in [0.2, 0.25) is 0 Å². The SMILES string of the molecule is Cc1c(NN)nc(C2CC2)nc1N1CCCS(=O)(=O)CC1. The van der Waals surface area contributed by atoms with Crippen LogP contribution < -0.4 is 16.2 Å². The van der Waals surface area contributed by atoms with Crippen molar-refractivity contribution in [3.63, 3.8) is 0 Å². The first-order valence-electron chi connectivity index (χ1n) is 7.31. The van der Waals surface area contributed by atoms with E-state index in [1.165, 1.54) is 0 Å². The van der Waals surface area contributed by atoms with Crippen molar-refractivity contribution in [3.8, 4) is 0 Å². The second-order valence-electron chi connectivity index (χ2n) is 5.79. The molecule has 0 amide bonds. The minimum atomic E-state index is -2.93. The number of sulfone groups is 1. The highest BCUT2D eigenvalue weighted by Gasteiger charge is 2.30. The van der Waals surface area contributed by atoms with Crippen LogP contribution >= 0.6 is 0 Å². The highest BCUT2D eigenvalue weighted by molar-refractivity contribution is 7.91. The Bertz CT molecular complexity index is 642. The van der Waals surface area contributed by atoms with E-state index in [4.69, 9.17) is 5.84 Å². The molecule has 0 unspecified atom stereocenters. The van der Waals surface area contributed by atoms with Crippen LogP contribution in [0.25, 0.3) is 0 Å². The molecular formula is C13H21N5O2S. The molecule has 21 heavy (non-hydrogen) atoms. The van der Waals surface area contributed by atoms with Crippen molar-refractivity contribution in [2.24, 2.45) is 5.84 Å². The maximum Gasteiger partial charge on any atom is 0.152 e. The number of hydrogen-bond acceptors (Lipinski definition) is 7. The zero-order chi connectivity index (χ0) is 15.0. The largest absolute Gasteiger partial charge is 0.355 e. The molecule has 0 bridgehead atoms. The molecule has 1 saturated heterocycles. The summed E-state index contributed by atoms with van der Waals surface area (Å²) in [4.78, 5) is 11.2. The Labute approximate surface area is 124 Å². The number of hydrogen-bond donors (Lipinski definition) is 2. The highest BCUT2D eigenvalue weighted by Crippen LogP contribution is 2.40. The molecule has 7 nitrogen and oxygen atoms in total. The van der Waals surface area contributed by atoms with Crippen molar-refractivity contribution in [2.45, 2.75) is 32.1 Å². The van der Waals surface area contributed by atoms with Crippen LogP contribution in [0.3, 0.4) is 0 Å². The predicted octanol–water partition coefficient (Wildman–Crippen LogP) is 0.573. The maximum atomic E-state index is 11.7. The van der Waals surface area contributed by atoms with Crippen molar-refractivity contribution in [1.82, 2.24) is 9.97 Å². The van der Waals surface area contributed by atoms with Gasteiger partial charge in [-0.2, -0.15) is 0 Å². The number of nitrogens with two attached hydrogens (primary N) is 1. The lowest BCUT2D eigenvalue weighted by Gasteiger charge is -2.24. The topological polar surface area (TPSA) is 101 Å². The zero-order valence-corrected chi connectivity index (χ0v) is 13.0. The summed E-state index contributed by atoms with van der Waals surface area (Å²) in [5, 5.41) is 0. The van der Waals surface area contributed by atoms with Gasteiger partial charge in [0.05, 0.1) is 11.5 Å². The van der Waals surface area contributed by atoms with Crippen LogP contribution in [0.5, 0.6) is 0 Å². The van der Waals surface area contributed by atoms with Gasteiger partial charge in [-0.15, -0.1) is 0 Å². The molecule has 1 saturated carbocycles. The smallest absolute Gasteiger partial charge is 0.152 e. The molecule has 1 aromatic heterocycles. The van der Waals surface area contributed by atoms with E-state index in [1.54, 1.807) is 0 Å². The van der Waals surface area contributed by atoms with Gasteiger partial charge in [-0.1, -0.05) is 0 Å². The summed E-state index contributed by atoms with van der Waals surface area (Å²) in [6.45, 7) is 3.10. The van der Waals surface area contributed by atoms with Crippen LogP contribution in [0.15, 0.2) is 0 Å². The first kappa shape index (κ1) is 14.5. The van der Waals surface area contributed by atoms with Gasteiger partial charge in [-0.25, -0.2) is 24.2 Å². The van der Waals surface area contributed by atoms with E-state index in [9.17, 15) is 8.42 Å². The molecule has 0 radical (unpaired) electrons. The summed E-state index contributed by atoms with van der Waals surface area (Å²) >= 11 is 0. The molecule has 1 aromatic rings. The Morgan fingerprint density at radius 1 is 1.24 bits per heavy atom. The van der Waals surface area contributed by atoms with Gasteiger partial charge < -0.3 is 10.3 Å². The molecule has 1 aliphatic heterocycles. The average molecular weight is 311 g/mol. The van der Waals surface area contributed by atoms with Crippen molar-refractivity contribution < 1.29 is 8.42 Å². The zero-order valence-electron chi connectivity index (χ0n) is 12.2. The lowest BCUT2D eigenvalue weighted by molar-refractivity contribution is 0.597. The Hall–Kier alpha value is -1.41. The van der Waals surface area contributed by atoms with E-state index >= 15 is 0 Å². The fourth-order valence-corrected chi connectivity index (χ4v) is 3.92. The lowest BCUT2D eigenvalue weighted by atomic mass is 10.2. The molecular weight excluding hydrogens is 290 g/mol. The van der Waals surface area contributed by atoms with Gasteiger partial charge in [0.25, 0.3) is 0 Å². The second kappa shape index (κ2) is 5.42. The number of nitrogen functional groups attached to an aromatic ring is 1. The van der Waals surface area contributed by atoms with Crippen LogP contribution in [-0.4, -0.2) is 43.0 Å². The first-order chi connectivity index (χ1) is 10.00. The molecule has 0 atom stereocenters. The third kappa shape index (κ3) is 3.11. The van der Waals surface area contributed by atoms with Gasteiger partial charge in [0.2, 0.25) is 0 Å². The molecule has 2 heterocycles. The summed E-state index contributed by atoms with van der Waals surface area (Å²) in [6.07, 6.45) is 2.86. The average Bonchev–Trinajstić information content (AvgIpc) is 3.27. The molecule has 3 rings (SSSR count). The Morgan fingerprint density at radius 2 is 2.00 bits per heavy atom. The van der Waals surface area contributed by atoms with E-state index in [1.807, 2.05) is 11.8 Å². The van der Waals surface area contributed by atoms with E-state index in [-0.39, 0.29) is 11.5 Å². The van der Waals surface area contributed by atoms with Gasteiger partial charge in [-0.05, 0) is 26.2 Å². The lowest BCUT2D eigenvalue weighted by Crippen LogP contribution is -2.29. The third-order valence-corrected chi connectivity index (χ3v) is 5.79. The van der Waals surface area contributed by atoms with E-state index in [0.29, 0.717) is 31.2 Å². The highest BCUT2D eigenvalue weighted by atomic mass is 32.2. The molecule has 2 aliphatic rings. The van der Waals surface area contributed by atoms with Crippen molar-refractivity contribution >= 4 is 21.5 Å². The van der Waals surface area contributed by atoms with E-state index in [2.05, 4.69) is 15.4 Å². The molecule has 1 aliphatic carbocycles. The quantitative estimate of drug-likeness (QED) is 0.621. The number of nitrogens with zero attached hydrogens (tertiary/aromatic N) is 3. The van der Waals surface area contributed by atoms with Crippen LogP contribution in [-0.2, 0) is 9.84 Å². The number of hydrazine groups is 1. The number of nitrogens with one attached hydrogen (secondary N) is 1. The van der Waals surface area contributed by atoms with Crippen molar-refractivity contribution in [1.29, 1.82) is 0 Å². The Kier molecular flexibility index (Phi) is 3.75. The standard InChI is InChI=1S/C13H21N5O2S/c1-9-11(17-14)15-12(10-3-4-10)16-13(9)18-5-2-7-21(19,20)8-6-18/h10H,2-8,14H2,1H3,(H,15,16,17). The van der Waals surface area contributed by atoms with Gasteiger partial charge >= 0.3 is 0 Å². The number of anilines is 2. The van der Waals surface area contributed by atoms with Gasteiger partial charge in [0.15, 0.2) is 9.84 Å². The van der Waals surface area contributed by atoms with Crippen LogP contribution in [0, 0.1) is 6.92 Å². The third-order valence-electron chi connectivity index (χ3n) is 4.07. The monoisotopic (exact) mass is 311 g/mol. The van der Waals surface area contributed by atoms with Gasteiger partial charge in [-0.3, -0.25) is 0 Å².